The summed E-state index contributed by atoms with van der Waals surface area (Å²) in [6, 6.07) is 18.8. The Morgan fingerprint density at radius 2 is 1.59 bits per heavy atom. The lowest BCUT2D eigenvalue weighted by atomic mass is 9.94. The second-order valence-electron chi connectivity index (χ2n) is 10.4. The minimum absolute atomic E-state index is 0.0372. The number of carbonyl (C=O) groups excluding carboxylic acids is 2. The van der Waals surface area contributed by atoms with E-state index < -0.39 is 0 Å². The summed E-state index contributed by atoms with van der Waals surface area (Å²) in [5.74, 6) is -0.138. The van der Waals surface area contributed by atoms with Crippen molar-refractivity contribution < 1.29 is 9.59 Å². The molecule has 41 heavy (non-hydrogen) atoms. The Morgan fingerprint density at radius 1 is 0.902 bits per heavy atom. The molecule has 4 rings (SSSR count). The normalized spacial score (nSPS) is 14.5. The maximum Gasteiger partial charge on any atom is 0.253 e. The van der Waals surface area contributed by atoms with E-state index in [0.29, 0.717) is 38.7 Å². The summed E-state index contributed by atoms with van der Waals surface area (Å²) >= 11 is 24.9. The Kier molecular flexibility index (Phi) is 11.2. The molecule has 1 atom stereocenters. The summed E-state index contributed by atoms with van der Waals surface area (Å²) < 4.78 is 0. The monoisotopic (exact) mass is 634 g/mol. The highest BCUT2D eigenvalue weighted by Crippen LogP contribution is 2.30. The van der Waals surface area contributed by atoms with Gasteiger partial charge in [0.1, 0.15) is 0 Å². The van der Waals surface area contributed by atoms with Gasteiger partial charge in [0.05, 0.1) is 10.0 Å². The second kappa shape index (κ2) is 14.6. The number of rotatable bonds is 10. The van der Waals surface area contributed by atoms with E-state index in [0.717, 1.165) is 56.0 Å². The van der Waals surface area contributed by atoms with Gasteiger partial charge in [0, 0.05) is 80.5 Å². The van der Waals surface area contributed by atoms with Gasteiger partial charge in [-0.3, -0.25) is 14.5 Å². The Hall–Kier alpha value is -2.48. The molecule has 0 aromatic heterocycles. The van der Waals surface area contributed by atoms with E-state index in [1.165, 1.54) is 6.92 Å². The van der Waals surface area contributed by atoms with Crippen molar-refractivity contribution in [2.24, 2.45) is 0 Å². The molecule has 0 unspecified atom stereocenters. The first-order valence-electron chi connectivity index (χ1n) is 13.6. The van der Waals surface area contributed by atoms with Gasteiger partial charge in [-0.1, -0.05) is 70.7 Å². The number of anilines is 1. The maximum atomic E-state index is 13.2. The minimum Gasteiger partial charge on any atom is -0.369 e. The molecule has 3 aromatic rings. The minimum atomic E-state index is -0.147. The SMILES string of the molecule is CC(=O)NCc1ccccc1N1CCN(CC[C@H](CN(C)C(=O)c2cc(Cl)cc(Cl)c2)c2ccc(Cl)c(Cl)c2)CC1. The smallest absolute Gasteiger partial charge is 0.253 e. The molecule has 2 amide bonds. The molecule has 1 aliphatic heterocycles. The van der Waals surface area contributed by atoms with E-state index in [4.69, 9.17) is 46.4 Å². The fourth-order valence-electron chi connectivity index (χ4n) is 5.18. The molecule has 218 valence electrons. The fourth-order valence-corrected chi connectivity index (χ4v) is 6.01. The number of piperazine rings is 1. The van der Waals surface area contributed by atoms with Crippen LogP contribution in [0.1, 0.15) is 40.7 Å². The predicted molar refractivity (Wildman–Crippen MR) is 170 cm³/mol. The molecule has 1 heterocycles. The molecule has 0 saturated carbocycles. The molecule has 10 heteroatoms. The Balaban J connectivity index is 1.41. The van der Waals surface area contributed by atoms with E-state index in [2.05, 4.69) is 27.2 Å². The van der Waals surface area contributed by atoms with Crippen LogP contribution >= 0.6 is 46.4 Å². The summed E-state index contributed by atoms with van der Waals surface area (Å²) in [6.07, 6.45) is 0.838. The highest BCUT2D eigenvalue weighted by atomic mass is 35.5. The summed E-state index contributed by atoms with van der Waals surface area (Å²) in [6.45, 7) is 7.04. The van der Waals surface area contributed by atoms with Crippen molar-refractivity contribution in [3.63, 3.8) is 0 Å². The summed E-state index contributed by atoms with van der Waals surface area (Å²) in [7, 11) is 1.79. The third kappa shape index (κ3) is 8.76. The van der Waals surface area contributed by atoms with Crippen molar-refractivity contribution in [2.75, 3.05) is 51.2 Å². The Bertz CT molecular complexity index is 1360. The first-order chi connectivity index (χ1) is 19.6. The Morgan fingerprint density at radius 3 is 2.24 bits per heavy atom. The van der Waals surface area contributed by atoms with Gasteiger partial charge in [-0.15, -0.1) is 0 Å². The molecular formula is C31H34Cl4N4O2. The number of para-hydroxylation sites is 1. The molecule has 6 nitrogen and oxygen atoms in total. The number of amides is 2. The summed E-state index contributed by atoms with van der Waals surface area (Å²) in [5.41, 5.74) is 3.77. The van der Waals surface area contributed by atoms with Crippen LogP contribution in [0.4, 0.5) is 5.69 Å². The molecule has 1 aliphatic rings. The van der Waals surface area contributed by atoms with E-state index >= 15 is 0 Å². The molecule has 1 N–H and O–H groups in total. The number of likely N-dealkylation sites (N-methyl/N-ethyl adjacent to an activating group) is 1. The largest absolute Gasteiger partial charge is 0.369 e. The molecular weight excluding hydrogens is 602 g/mol. The van der Waals surface area contributed by atoms with Gasteiger partial charge in [-0.25, -0.2) is 0 Å². The third-order valence-corrected chi connectivity index (χ3v) is 8.57. The third-order valence-electron chi connectivity index (χ3n) is 7.39. The van der Waals surface area contributed by atoms with E-state index in [9.17, 15) is 9.59 Å². The van der Waals surface area contributed by atoms with Crippen LogP contribution < -0.4 is 10.2 Å². The van der Waals surface area contributed by atoms with Gasteiger partial charge in [-0.2, -0.15) is 0 Å². The average Bonchev–Trinajstić information content (AvgIpc) is 2.95. The number of benzene rings is 3. The number of carbonyl (C=O) groups is 2. The van der Waals surface area contributed by atoms with E-state index in [-0.39, 0.29) is 17.7 Å². The number of nitrogens with one attached hydrogen (secondary N) is 1. The van der Waals surface area contributed by atoms with E-state index in [1.807, 2.05) is 30.3 Å². The molecule has 0 radical (unpaired) electrons. The van der Waals surface area contributed by atoms with Crippen molar-refractivity contribution in [3.8, 4) is 0 Å². The van der Waals surface area contributed by atoms with E-state index in [1.54, 1.807) is 30.1 Å². The van der Waals surface area contributed by atoms with Gasteiger partial charge >= 0.3 is 0 Å². The van der Waals surface area contributed by atoms with Gasteiger partial charge in [0.2, 0.25) is 5.91 Å². The number of nitrogens with zero attached hydrogens (tertiary/aromatic N) is 3. The molecule has 0 bridgehead atoms. The van der Waals surface area contributed by atoms with Crippen LogP contribution in [0.15, 0.2) is 60.7 Å². The van der Waals surface area contributed by atoms with Crippen LogP contribution in [0, 0.1) is 0 Å². The van der Waals surface area contributed by atoms with Crippen LogP contribution in [0.2, 0.25) is 20.1 Å². The average molecular weight is 636 g/mol. The first kappa shape index (κ1) is 31.5. The van der Waals surface area contributed by atoms with Crippen molar-refractivity contribution >= 4 is 63.9 Å². The van der Waals surface area contributed by atoms with Crippen LogP contribution in [-0.4, -0.2) is 67.9 Å². The van der Waals surface area contributed by atoms with Gasteiger partial charge < -0.3 is 15.1 Å². The van der Waals surface area contributed by atoms with Gasteiger partial charge in [0.15, 0.2) is 0 Å². The van der Waals surface area contributed by atoms with Gasteiger partial charge in [0.25, 0.3) is 5.91 Å². The molecule has 0 aliphatic carbocycles. The standard InChI is InChI=1S/C31H34Cl4N4O2/c1-21(40)36-19-23-5-3-4-6-30(23)39-13-11-38(12-14-39)10-9-24(22-7-8-28(34)29(35)17-22)20-37(2)31(41)25-15-26(32)18-27(33)16-25/h3-8,15-18,24H,9-14,19-20H2,1-2H3,(H,36,40)/t24-/m1/s1. The molecule has 3 aromatic carbocycles. The van der Waals surface area contributed by atoms with Crippen molar-refractivity contribution in [1.29, 1.82) is 0 Å². The van der Waals surface area contributed by atoms with Crippen LogP contribution in [0.3, 0.4) is 0 Å². The topological polar surface area (TPSA) is 55.9 Å². The molecule has 1 saturated heterocycles. The van der Waals surface area contributed by atoms with Crippen molar-refractivity contribution in [1.82, 2.24) is 15.1 Å². The zero-order valence-corrected chi connectivity index (χ0v) is 26.2. The Labute approximate surface area is 262 Å². The predicted octanol–water partition coefficient (Wildman–Crippen LogP) is 7.00. The van der Waals surface area contributed by atoms with Gasteiger partial charge in [-0.05, 0) is 60.5 Å². The number of hydrogen-bond donors (Lipinski definition) is 1. The second-order valence-corrected chi connectivity index (χ2v) is 12.1. The first-order valence-corrected chi connectivity index (χ1v) is 15.1. The highest BCUT2D eigenvalue weighted by Gasteiger charge is 2.23. The molecule has 1 fully saturated rings. The lowest BCUT2D eigenvalue weighted by molar-refractivity contribution is -0.119. The summed E-state index contributed by atoms with van der Waals surface area (Å²) in [5, 5.41) is 4.76. The number of hydrogen-bond acceptors (Lipinski definition) is 4. The maximum absolute atomic E-state index is 13.2. The lowest BCUT2D eigenvalue weighted by Gasteiger charge is -2.37. The molecule has 0 spiro atoms. The summed E-state index contributed by atoms with van der Waals surface area (Å²) in [4.78, 5) is 31.2. The fraction of sp³-hybridized carbons (Fsp3) is 0.355. The van der Waals surface area contributed by atoms with Crippen molar-refractivity contribution in [2.45, 2.75) is 25.8 Å². The van der Waals surface area contributed by atoms with Crippen LogP contribution in [0.5, 0.6) is 0 Å². The quantitative estimate of drug-likeness (QED) is 0.261. The zero-order valence-electron chi connectivity index (χ0n) is 23.2. The number of halogens is 4. The zero-order chi connectivity index (χ0) is 29.5. The lowest BCUT2D eigenvalue weighted by Crippen LogP contribution is -2.47. The van der Waals surface area contributed by atoms with Crippen LogP contribution in [-0.2, 0) is 11.3 Å². The van der Waals surface area contributed by atoms with Crippen molar-refractivity contribution in [3.05, 3.63) is 97.4 Å². The highest BCUT2D eigenvalue weighted by molar-refractivity contribution is 6.42. The van der Waals surface area contributed by atoms with Crippen LogP contribution in [0.25, 0.3) is 0 Å².